The molecule has 1 aromatic rings. The van der Waals surface area contributed by atoms with Crippen LogP contribution in [0.25, 0.3) is 0 Å². The van der Waals surface area contributed by atoms with Crippen LogP contribution in [0.1, 0.15) is 31.5 Å². The van der Waals surface area contributed by atoms with Crippen LogP contribution in [-0.2, 0) is 10.0 Å². The average molecular weight is 261 g/mol. The van der Waals surface area contributed by atoms with Gasteiger partial charge < -0.3 is 9.73 Å². The Hall–Kier alpha value is -0.920. The summed E-state index contributed by atoms with van der Waals surface area (Å²) >= 11 is 0. The molecule has 0 spiro atoms. The first kappa shape index (κ1) is 14.1. The van der Waals surface area contributed by atoms with Crippen molar-refractivity contribution in [2.24, 2.45) is 0 Å². The van der Waals surface area contributed by atoms with Gasteiger partial charge in [-0.25, -0.2) is 18.1 Å². The largest absolute Gasteiger partial charge is 0.444 e. The van der Waals surface area contributed by atoms with Gasteiger partial charge in [0.15, 0.2) is 0 Å². The molecular weight excluding hydrogens is 242 g/mol. The van der Waals surface area contributed by atoms with E-state index in [2.05, 4.69) is 15.0 Å². The smallest absolute Gasteiger partial charge is 0.216 e. The van der Waals surface area contributed by atoms with Crippen molar-refractivity contribution in [2.75, 3.05) is 13.6 Å². The lowest BCUT2D eigenvalue weighted by atomic mass is 10.4. The highest BCUT2D eigenvalue weighted by Gasteiger charge is 2.24. The molecule has 2 atom stereocenters. The van der Waals surface area contributed by atoms with Gasteiger partial charge in [-0.1, -0.05) is 0 Å². The van der Waals surface area contributed by atoms with Crippen molar-refractivity contribution >= 4 is 10.0 Å². The highest BCUT2D eigenvalue weighted by Crippen LogP contribution is 2.14. The van der Waals surface area contributed by atoms with Crippen LogP contribution in [0, 0.1) is 6.92 Å². The van der Waals surface area contributed by atoms with E-state index in [1.165, 1.54) is 0 Å². The second-order valence-electron chi connectivity index (χ2n) is 4.06. The van der Waals surface area contributed by atoms with Gasteiger partial charge in [0.1, 0.15) is 5.76 Å². The van der Waals surface area contributed by atoms with Crippen LogP contribution in [0.2, 0.25) is 0 Å². The summed E-state index contributed by atoms with van der Waals surface area (Å²) in [5, 5.41) is 2.32. The molecule has 6 nitrogen and oxygen atoms in total. The van der Waals surface area contributed by atoms with Crippen molar-refractivity contribution in [2.45, 2.75) is 32.1 Å². The van der Waals surface area contributed by atoms with Gasteiger partial charge in [-0.15, -0.1) is 0 Å². The van der Waals surface area contributed by atoms with E-state index in [4.69, 9.17) is 4.42 Å². The van der Waals surface area contributed by atoms with Gasteiger partial charge in [-0.3, -0.25) is 0 Å². The second-order valence-corrected chi connectivity index (χ2v) is 6.19. The van der Waals surface area contributed by atoms with Crippen molar-refractivity contribution in [3.8, 4) is 0 Å². The first-order chi connectivity index (χ1) is 7.86. The molecule has 2 unspecified atom stereocenters. The number of aromatic nitrogens is 1. The number of nitrogens with zero attached hydrogens (tertiary/aromatic N) is 1. The first-order valence-corrected chi connectivity index (χ1v) is 6.99. The number of aryl methyl sites for hydroxylation is 1. The van der Waals surface area contributed by atoms with Crippen molar-refractivity contribution in [3.05, 3.63) is 17.8 Å². The second kappa shape index (κ2) is 5.61. The lowest BCUT2D eigenvalue weighted by Crippen LogP contribution is -2.39. The number of sulfonamides is 1. The predicted molar refractivity (Wildman–Crippen MR) is 65.1 cm³/mol. The minimum absolute atomic E-state index is 0.378. The van der Waals surface area contributed by atoms with Crippen LogP contribution >= 0.6 is 0 Å². The van der Waals surface area contributed by atoms with Crippen molar-refractivity contribution in [1.29, 1.82) is 0 Å². The van der Waals surface area contributed by atoms with Crippen LogP contribution in [0.3, 0.4) is 0 Å². The highest BCUT2D eigenvalue weighted by atomic mass is 32.2. The van der Waals surface area contributed by atoms with Gasteiger partial charge >= 0.3 is 0 Å². The summed E-state index contributed by atoms with van der Waals surface area (Å²) in [5.41, 5.74) is 0. The van der Waals surface area contributed by atoms with Crippen LogP contribution in [0.4, 0.5) is 0 Å². The third kappa shape index (κ3) is 3.79. The zero-order valence-corrected chi connectivity index (χ0v) is 11.3. The molecule has 2 N–H and O–H groups in total. The monoisotopic (exact) mass is 261 g/mol. The molecule has 0 radical (unpaired) electrons. The van der Waals surface area contributed by atoms with Crippen LogP contribution in [0.15, 0.2) is 10.6 Å². The molecule has 1 aromatic heterocycles. The topological polar surface area (TPSA) is 84.2 Å². The minimum Gasteiger partial charge on any atom is -0.444 e. The Morgan fingerprint density at radius 1 is 1.47 bits per heavy atom. The van der Waals surface area contributed by atoms with E-state index in [1.807, 2.05) is 0 Å². The lowest BCUT2D eigenvalue weighted by Gasteiger charge is -2.16. The maximum absolute atomic E-state index is 11.9. The van der Waals surface area contributed by atoms with E-state index in [0.717, 1.165) is 0 Å². The Labute approximate surface area is 102 Å². The molecular formula is C10H19N3O3S. The zero-order valence-electron chi connectivity index (χ0n) is 10.5. The van der Waals surface area contributed by atoms with Gasteiger partial charge in [-0.05, 0) is 27.8 Å². The Bertz CT molecular complexity index is 455. The number of hydrogen-bond acceptors (Lipinski definition) is 5. The van der Waals surface area contributed by atoms with Crippen LogP contribution in [0.5, 0.6) is 0 Å². The molecule has 0 aliphatic heterocycles. The van der Waals surface area contributed by atoms with E-state index < -0.39 is 21.3 Å². The van der Waals surface area contributed by atoms with E-state index in [9.17, 15) is 8.42 Å². The summed E-state index contributed by atoms with van der Waals surface area (Å²) in [7, 11) is -1.66. The molecule has 1 rings (SSSR count). The summed E-state index contributed by atoms with van der Waals surface area (Å²) in [4.78, 5) is 4.00. The fourth-order valence-corrected chi connectivity index (χ4v) is 2.59. The Morgan fingerprint density at radius 3 is 2.59 bits per heavy atom. The molecule has 0 aliphatic carbocycles. The Morgan fingerprint density at radius 2 is 2.12 bits per heavy atom. The van der Waals surface area contributed by atoms with Gasteiger partial charge in [0.25, 0.3) is 0 Å². The standard InChI is InChI=1S/C10H19N3O3S/c1-7-5-12-10(16-7)9(3)13-17(14,15)8(2)6-11-4/h5,8-9,11,13H,6H2,1-4H3. The number of hydrogen-bond donors (Lipinski definition) is 2. The molecule has 17 heavy (non-hydrogen) atoms. The van der Waals surface area contributed by atoms with Crippen LogP contribution in [-0.4, -0.2) is 32.2 Å². The van der Waals surface area contributed by atoms with Gasteiger partial charge in [-0.2, -0.15) is 0 Å². The molecule has 1 heterocycles. The fourth-order valence-electron chi connectivity index (χ4n) is 1.38. The van der Waals surface area contributed by atoms with Crippen LogP contribution < -0.4 is 10.0 Å². The molecule has 98 valence electrons. The first-order valence-electron chi connectivity index (χ1n) is 5.45. The van der Waals surface area contributed by atoms with E-state index in [0.29, 0.717) is 18.2 Å². The van der Waals surface area contributed by atoms with Gasteiger partial charge in [0.2, 0.25) is 15.9 Å². The van der Waals surface area contributed by atoms with E-state index >= 15 is 0 Å². The van der Waals surface area contributed by atoms with Crippen molar-refractivity contribution in [3.63, 3.8) is 0 Å². The molecule has 0 bridgehead atoms. The lowest BCUT2D eigenvalue weighted by molar-refractivity contribution is 0.426. The normalized spacial score (nSPS) is 15.8. The third-order valence-corrected chi connectivity index (χ3v) is 4.28. The maximum Gasteiger partial charge on any atom is 0.216 e. The zero-order chi connectivity index (χ0) is 13.1. The molecule has 7 heteroatoms. The number of rotatable bonds is 6. The number of oxazole rings is 1. The molecule has 0 aromatic carbocycles. The summed E-state index contributed by atoms with van der Waals surface area (Å²) in [5.74, 6) is 1.04. The summed E-state index contributed by atoms with van der Waals surface area (Å²) in [6, 6.07) is -0.465. The molecule has 0 amide bonds. The quantitative estimate of drug-likeness (QED) is 0.782. The highest BCUT2D eigenvalue weighted by molar-refractivity contribution is 7.90. The summed E-state index contributed by atoms with van der Waals surface area (Å²) in [6.07, 6.45) is 1.57. The summed E-state index contributed by atoms with van der Waals surface area (Å²) < 4.78 is 31.6. The minimum atomic E-state index is -3.37. The Kier molecular flexibility index (Phi) is 4.67. The molecule has 0 saturated heterocycles. The van der Waals surface area contributed by atoms with E-state index in [1.54, 1.807) is 34.0 Å². The van der Waals surface area contributed by atoms with E-state index in [-0.39, 0.29) is 0 Å². The SMILES string of the molecule is CNCC(C)S(=O)(=O)NC(C)c1ncc(C)o1. The van der Waals surface area contributed by atoms with Crippen molar-refractivity contribution < 1.29 is 12.8 Å². The van der Waals surface area contributed by atoms with Gasteiger partial charge in [0.05, 0.1) is 17.5 Å². The van der Waals surface area contributed by atoms with Gasteiger partial charge in [0, 0.05) is 6.54 Å². The molecule has 0 fully saturated rings. The van der Waals surface area contributed by atoms with Crippen molar-refractivity contribution in [1.82, 2.24) is 15.0 Å². The average Bonchev–Trinajstić information content (AvgIpc) is 2.64. The predicted octanol–water partition coefficient (Wildman–Crippen LogP) is 0.571. The fraction of sp³-hybridized carbons (Fsp3) is 0.700. The molecule has 0 saturated carbocycles. The molecule has 0 aliphatic rings. The summed E-state index contributed by atoms with van der Waals surface area (Å²) in [6.45, 7) is 5.51. The maximum atomic E-state index is 11.9. The Balaban J connectivity index is 2.71. The third-order valence-electron chi connectivity index (χ3n) is 2.37. The number of nitrogens with one attached hydrogen (secondary N) is 2.